The number of unbranched alkanes of at least 4 members (excludes halogenated alkanes) is 26. The molecule has 0 saturated carbocycles. The summed E-state index contributed by atoms with van der Waals surface area (Å²) in [4.78, 5) is 3.32. The van der Waals surface area contributed by atoms with Crippen LogP contribution in [0.25, 0.3) is 9.75 Å². The van der Waals surface area contributed by atoms with Gasteiger partial charge in [-0.25, -0.2) is 0 Å². The second kappa shape index (κ2) is 28.9. The molecular formula is C46H78GeS2. The molecule has 49 heavy (non-hydrogen) atoms. The van der Waals surface area contributed by atoms with Gasteiger partial charge in [0.2, 0.25) is 0 Å². The monoisotopic (exact) mass is 768 g/mol. The van der Waals surface area contributed by atoms with Crippen molar-refractivity contribution in [2.24, 2.45) is 0 Å². The summed E-state index contributed by atoms with van der Waals surface area (Å²) in [6.45, 7) is 4.62. The van der Waals surface area contributed by atoms with E-state index in [0.717, 1.165) is 0 Å². The van der Waals surface area contributed by atoms with Crippen LogP contribution < -0.4 is 8.79 Å². The zero-order chi connectivity index (χ0) is 34.5. The maximum atomic E-state index is 2.56. The molecule has 0 saturated heterocycles. The van der Waals surface area contributed by atoms with Crippen molar-refractivity contribution in [3.05, 3.63) is 47.2 Å². The SMILES string of the molecule is CCCCCCCCCCCCCC/C=C/CC[CH2][Ge]1([CH2]CC/C=C/CCCCCCCCCCCCCC)[c]2ccsc2-c2scc[c]21. The van der Waals surface area contributed by atoms with E-state index in [4.69, 9.17) is 0 Å². The maximum absolute atomic E-state index is 2.56. The van der Waals surface area contributed by atoms with Gasteiger partial charge in [-0.1, -0.05) is 90.9 Å². The van der Waals surface area contributed by atoms with Gasteiger partial charge in [-0.3, -0.25) is 0 Å². The fourth-order valence-electron chi connectivity index (χ4n) is 8.25. The fourth-order valence-corrected chi connectivity index (χ4v) is 24.5. The first kappa shape index (κ1) is 42.8. The standard InChI is InChI=1S/C46H78GeS2/c1-3-5-7-9-11-13-15-17-19-21-23-25-27-29-31-33-35-39-47(43-37-41-48-45(43)46-44(47)38-42-49-46)40-36-34-32-30-28-26-24-22-20-18-16-14-12-10-8-6-4-2/h29-32,37-38,41-42H,3-28,33-36,39-40H2,1-2H3/b31-29+,32-30+. The zero-order valence-electron chi connectivity index (χ0n) is 32.6. The van der Waals surface area contributed by atoms with E-state index in [1.54, 1.807) is 9.75 Å². The number of hydrogen-bond donors (Lipinski definition) is 0. The van der Waals surface area contributed by atoms with Crippen LogP contribution in [0.2, 0.25) is 10.5 Å². The van der Waals surface area contributed by atoms with Crippen LogP contribution in [-0.4, -0.2) is 13.3 Å². The van der Waals surface area contributed by atoms with Crippen molar-refractivity contribution < 1.29 is 0 Å². The molecule has 0 atom stereocenters. The van der Waals surface area contributed by atoms with Gasteiger partial charge in [0.1, 0.15) is 0 Å². The van der Waals surface area contributed by atoms with Crippen molar-refractivity contribution in [2.75, 3.05) is 0 Å². The normalized spacial score (nSPS) is 13.7. The van der Waals surface area contributed by atoms with Crippen LogP contribution in [0.5, 0.6) is 0 Å². The van der Waals surface area contributed by atoms with E-state index in [-0.39, 0.29) is 0 Å². The van der Waals surface area contributed by atoms with Gasteiger partial charge in [0.15, 0.2) is 0 Å². The summed E-state index contributed by atoms with van der Waals surface area (Å²) in [6.07, 6.45) is 52.6. The summed E-state index contributed by atoms with van der Waals surface area (Å²) in [6, 6.07) is 5.11. The van der Waals surface area contributed by atoms with Crippen LogP contribution in [0.3, 0.4) is 0 Å². The average Bonchev–Trinajstić information content (AvgIpc) is 3.85. The third kappa shape index (κ3) is 17.2. The number of rotatable bonds is 34. The summed E-state index contributed by atoms with van der Waals surface area (Å²) in [5.41, 5.74) is 0. The second-order valence-corrected chi connectivity index (χ2v) is 26.2. The number of allylic oxidation sites excluding steroid dienone is 4. The number of fused-ring (bicyclic) bond motifs is 3. The molecule has 0 bridgehead atoms. The minimum atomic E-state index is -2.29. The molecule has 3 heteroatoms. The Labute approximate surface area is 316 Å². The zero-order valence-corrected chi connectivity index (χ0v) is 36.3. The number of hydrogen-bond acceptors (Lipinski definition) is 2. The first-order valence-electron chi connectivity index (χ1n) is 21.8. The minimum absolute atomic E-state index is 1.28. The van der Waals surface area contributed by atoms with E-state index in [2.05, 4.69) is 61.0 Å². The Morgan fingerprint density at radius 3 is 1.00 bits per heavy atom. The summed E-state index contributed by atoms with van der Waals surface area (Å²) >= 11 is 1.75. The molecule has 3 rings (SSSR count). The summed E-state index contributed by atoms with van der Waals surface area (Å²) in [7, 11) is 0. The molecule has 278 valence electrons. The molecule has 0 unspecified atom stereocenters. The van der Waals surface area contributed by atoms with Crippen molar-refractivity contribution in [1.82, 2.24) is 0 Å². The van der Waals surface area contributed by atoms with Crippen LogP contribution in [0.15, 0.2) is 47.2 Å². The van der Waals surface area contributed by atoms with E-state index < -0.39 is 13.3 Å². The van der Waals surface area contributed by atoms with E-state index in [0.29, 0.717) is 0 Å². The predicted molar refractivity (Wildman–Crippen MR) is 230 cm³/mol. The van der Waals surface area contributed by atoms with Crippen molar-refractivity contribution in [1.29, 1.82) is 0 Å². The molecule has 2 aromatic rings. The molecule has 0 N–H and O–H groups in total. The molecule has 0 aliphatic carbocycles. The van der Waals surface area contributed by atoms with Gasteiger partial charge < -0.3 is 0 Å². The van der Waals surface area contributed by atoms with Crippen molar-refractivity contribution >= 4 is 44.7 Å². The van der Waals surface area contributed by atoms with Crippen LogP contribution >= 0.6 is 22.7 Å². The van der Waals surface area contributed by atoms with E-state index in [1.807, 2.05) is 31.5 Å². The molecule has 1 aliphatic rings. The van der Waals surface area contributed by atoms with E-state index in [9.17, 15) is 0 Å². The third-order valence-corrected chi connectivity index (χ3v) is 25.2. The Kier molecular flexibility index (Phi) is 25.3. The summed E-state index contributed by atoms with van der Waals surface area (Å²) < 4.78 is 3.68. The van der Waals surface area contributed by atoms with Crippen LogP contribution in [0, 0.1) is 0 Å². The molecule has 2 aromatic heterocycles. The summed E-state index contributed by atoms with van der Waals surface area (Å²) in [5, 5.41) is 7.77. The Balaban J connectivity index is 1.25. The molecule has 0 amide bonds. The topological polar surface area (TPSA) is 0 Å². The third-order valence-electron chi connectivity index (χ3n) is 11.3. The molecule has 1 aliphatic heterocycles. The van der Waals surface area contributed by atoms with Crippen molar-refractivity contribution in [2.45, 2.75) is 217 Å². The van der Waals surface area contributed by atoms with Gasteiger partial charge in [-0.15, -0.1) is 0 Å². The first-order valence-corrected chi connectivity index (χ1v) is 28.6. The van der Waals surface area contributed by atoms with Crippen molar-refractivity contribution in [3.63, 3.8) is 0 Å². The van der Waals surface area contributed by atoms with E-state index in [1.165, 1.54) is 203 Å². The molecule has 0 fully saturated rings. The Bertz CT molecular complexity index is 1000. The Hall–Kier alpha value is -0.577. The molecule has 0 nitrogen and oxygen atoms in total. The van der Waals surface area contributed by atoms with Gasteiger partial charge in [-0.2, -0.15) is 0 Å². The van der Waals surface area contributed by atoms with Gasteiger partial charge >= 0.3 is 228 Å². The van der Waals surface area contributed by atoms with Gasteiger partial charge in [-0.05, 0) is 0 Å². The van der Waals surface area contributed by atoms with Gasteiger partial charge in [0.05, 0.1) is 0 Å². The first-order chi connectivity index (χ1) is 24.3. The predicted octanol–water partition coefficient (Wildman–Crippen LogP) is 16.2. The van der Waals surface area contributed by atoms with E-state index >= 15 is 0 Å². The van der Waals surface area contributed by atoms with Crippen LogP contribution in [0.4, 0.5) is 0 Å². The quantitative estimate of drug-likeness (QED) is 0.0378. The molecule has 3 heterocycles. The van der Waals surface area contributed by atoms with Crippen LogP contribution in [-0.2, 0) is 0 Å². The van der Waals surface area contributed by atoms with Crippen LogP contribution in [0.1, 0.15) is 206 Å². The Morgan fingerprint density at radius 1 is 0.388 bits per heavy atom. The van der Waals surface area contributed by atoms with Gasteiger partial charge in [0.25, 0.3) is 0 Å². The van der Waals surface area contributed by atoms with Crippen molar-refractivity contribution in [3.8, 4) is 9.75 Å². The second-order valence-electron chi connectivity index (χ2n) is 15.5. The fraction of sp³-hybridized carbons (Fsp3) is 0.739. The Morgan fingerprint density at radius 2 is 0.673 bits per heavy atom. The summed E-state index contributed by atoms with van der Waals surface area (Å²) in [5.74, 6) is 0. The molecule has 0 spiro atoms. The number of thiophene rings is 2. The van der Waals surface area contributed by atoms with Gasteiger partial charge in [0, 0.05) is 0 Å². The molecular weight excluding hydrogens is 689 g/mol. The molecule has 0 aromatic carbocycles. The molecule has 0 radical (unpaired) electrons. The average molecular weight is 768 g/mol.